The quantitative estimate of drug-likeness (QED) is 0.562. The van der Waals surface area contributed by atoms with Crippen LogP contribution in [0.25, 0.3) is 0 Å². The molecule has 0 aromatic carbocycles. The van der Waals surface area contributed by atoms with Gasteiger partial charge in [-0.3, -0.25) is 0 Å². The van der Waals surface area contributed by atoms with E-state index in [2.05, 4.69) is 27.7 Å². The van der Waals surface area contributed by atoms with E-state index in [1.807, 2.05) is 6.92 Å². The molecule has 0 aliphatic heterocycles. The van der Waals surface area contributed by atoms with E-state index in [1.54, 1.807) is 0 Å². The molecule has 0 fully saturated rings. The number of carbonyl (C=O) groups is 2. The van der Waals surface area contributed by atoms with Gasteiger partial charge in [0.2, 0.25) is 0 Å². The van der Waals surface area contributed by atoms with Gasteiger partial charge in [0, 0.05) is 12.3 Å². The lowest BCUT2D eigenvalue weighted by atomic mass is 9.93. The second kappa shape index (κ2) is 14.4. The maximum Gasteiger partial charge on any atom is 0.123 e. The smallest absolute Gasteiger partial charge is 0.123 e. The maximum absolute atomic E-state index is 10.2. The number of hydrogen-bond acceptors (Lipinski definition) is 2. The summed E-state index contributed by atoms with van der Waals surface area (Å²) in [5.41, 5.74) is 0. The normalized spacial score (nSPS) is 14.9. The zero-order valence-corrected chi connectivity index (χ0v) is 12.9. The molecule has 108 valence electrons. The van der Waals surface area contributed by atoms with Gasteiger partial charge in [-0.25, -0.2) is 0 Å². The summed E-state index contributed by atoms with van der Waals surface area (Å²) >= 11 is 0. The molecule has 0 heterocycles. The molecule has 0 aliphatic carbocycles. The van der Waals surface area contributed by atoms with Gasteiger partial charge in [-0.05, 0) is 18.3 Å². The molecule has 0 saturated heterocycles. The zero-order valence-electron chi connectivity index (χ0n) is 12.9. The van der Waals surface area contributed by atoms with Crippen LogP contribution in [0.5, 0.6) is 0 Å². The van der Waals surface area contributed by atoms with Crippen LogP contribution in [-0.2, 0) is 9.59 Å². The fraction of sp³-hybridized carbons (Fsp3) is 0.875. The Morgan fingerprint density at radius 1 is 0.889 bits per heavy atom. The van der Waals surface area contributed by atoms with Crippen molar-refractivity contribution in [1.29, 1.82) is 0 Å². The van der Waals surface area contributed by atoms with E-state index in [0.717, 1.165) is 31.3 Å². The molecular formula is C16H32O2. The molecule has 2 nitrogen and oxygen atoms in total. The second-order valence-electron chi connectivity index (χ2n) is 5.40. The molecule has 18 heavy (non-hydrogen) atoms. The summed E-state index contributed by atoms with van der Waals surface area (Å²) in [5, 5.41) is 0. The zero-order chi connectivity index (χ0) is 14.4. The van der Waals surface area contributed by atoms with Crippen LogP contribution in [-0.4, -0.2) is 12.6 Å². The lowest BCUT2D eigenvalue weighted by Crippen LogP contribution is -2.08. The highest BCUT2D eigenvalue weighted by Crippen LogP contribution is 2.13. The molecule has 0 aromatic heterocycles. The van der Waals surface area contributed by atoms with Gasteiger partial charge >= 0.3 is 0 Å². The Balaban J connectivity index is 0. The van der Waals surface area contributed by atoms with Crippen molar-refractivity contribution in [2.24, 2.45) is 17.8 Å². The van der Waals surface area contributed by atoms with E-state index >= 15 is 0 Å². The first kappa shape index (κ1) is 19.7. The number of carbonyl (C=O) groups excluding carboxylic acids is 2. The van der Waals surface area contributed by atoms with Crippen LogP contribution in [0.4, 0.5) is 0 Å². The molecule has 0 N–H and O–H groups in total. The Labute approximate surface area is 114 Å². The molecule has 0 saturated carbocycles. The highest BCUT2D eigenvalue weighted by atomic mass is 16.1. The molecule has 2 heteroatoms. The highest BCUT2D eigenvalue weighted by molar-refractivity contribution is 5.53. The van der Waals surface area contributed by atoms with Crippen LogP contribution in [0.1, 0.15) is 73.1 Å². The van der Waals surface area contributed by atoms with Crippen LogP contribution >= 0.6 is 0 Å². The Hall–Kier alpha value is -0.660. The molecule has 0 radical (unpaired) electrons. The molecule has 0 amide bonds. The van der Waals surface area contributed by atoms with Crippen molar-refractivity contribution in [3.05, 3.63) is 0 Å². The van der Waals surface area contributed by atoms with Crippen molar-refractivity contribution in [3.63, 3.8) is 0 Å². The minimum Gasteiger partial charge on any atom is -0.303 e. The Morgan fingerprint density at radius 2 is 1.44 bits per heavy atom. The third-order valence-electron chi connectivity index (χ3n) is 3.42. The van der Waals surface area contributed by atoms with Gasteiger partial charge in [-0.1, -0.05) is 60.3 Å². The van der Waals surface area contributed by atoms with Crippen molar-refractivity contribution in [3.8, 4) is 0 Å². The van der Waals surface area contributed by atoms with Crippen LogP contribution in [0.15, 0.2) is 0 Å². The van der Waals surface area contributed by atoms with E-state index in [0.29, 0.717) is 5.92 Å². The average molecular weight is 256 g/mol. The first-order valence-electron chi connectivity index (χ1n) is 7.42. The van der Waals surface area contributed by atoms with Gasteiger partial charge < -0.3 is 9.59 Å². The summed E-state index contributed by atoms with van der Waals surface area (Å²) < 4.78 is 0. The van der Waals surface area contributed by atoms with Crippen LogP contribution in [0, 0.1) is 17.8 Å². The fourth-order valence-corrected chi connectivity index (χ4v) is 1.84. The van der Waals surface area contributed by atoms with Gasteiger partial charge in [-0.2, -0.15) is 0 Å². The predicted octanol–water partition coefficient (Wildman–Crippen LogP) is 4.66. The molecule has 0 spiro atoms. The summed E-state index contributed by atoms with van der Waals surface area (Å²) in [4.78, 5) is 20.1. The van der Waals surface area contributed by atoms with Gasteiger partial charge in [0.1, 0.15) is 12.6 Å². The molecule has 0 bridgehead atoms. The van der Waals surface area contributed by atoms with Gasteiger partial charge in [0.05, 0.1) is 0 Å². The van der Waals surface area contributed by atoms with E-state index < -0.39 is 0 Å². The average Bonchev–Trinajstić information content (AvgIpc) is 2.36. The number of rotatable bonds is 9. The number of aldehydes is 2. The largest absolute Gasteiger partial charge is 0.303 e. The van der Waals surface area contributed by atoms with Crippen LogP contribution in [0.2, 0.25) is 0 Å². The van der Waals surface area contributed by atoms with Crippen LogP contribution < -0.4 is 0 Å². The van der Waals surface area contributed by atoms with E-state index in [9.17, 15) is 9.59 Å². The van der Waals surface area contributed by atoms with E-state index in [1.165, 1.54) is 25.7 Å². The maximum atomic E-state index is 10.2. The van der Waals surface area contributed by atoms with Crippen LogP contribution in [0.3, 0.4) is 0 Å². The van der Waals surface area contributed by atoms with E-state index in [4.69, 9.17) is 0 Å². The number of hydrogen-bond donors (Lipinski definition) is 0. The van der Waals surface area contributed by atoms with Crippen molar-refractivity contribution in [1.82, 2.24) is 0 Å². The standard InChI is InChI=1S/2C8H16O/c1-4-5-7(2)8(3)6-9;1-3-5-8(2)6-4-7-9/h6-8H,4-5H2,1-3H3;7-8H,3-6H2,1-2H3. The Kier molecular flexibility index (Phi) is 15.7. The molecule has 0 aliphatic rings. The van der Waals surface area contributed by atoms with Crippen molar-refractivity contribution < 1.29 is 9.59 Å². The van der Waals surface area contributed by atoms with E-state index in [-0.39, 0.29) is 5.92 Å². The molecule has 3 atom stereocenters. The van der Waals surface area contributed by atoms with Gasteiger partial charge in [0.25, 0.3) is 0 Å². The first-order valence-corrected chi connectivity index (χ1v) is 7.42. The lowest BCUT2D eigenvalue weighted by molar-refractivity contribution is -0.112. The van der Waals surface area contributed by atoms with Gasteiger partial charge in [-0.15, -0.1) is 0 Å². The van der Waals surface area contributed by atoms with Crippen molar-refractivity contribution in [2.75, 3.05) is 0 Å². The van der Waals surface area contributed by atoms with Gasteiger partial charge in [0.15, 0.2) is 0 Å². The highest BCUT2D eigenvalue weighted by Gasteiger charge is 2.08. The fourth-order valence-electron chi connectivity index (χ4n) is 1.84. The summed E-state index contributed by atoms with van der Waals surface area (Å²) in [6, 6.07) is 0. The third kappa shape index (κ3) is 13.4. The minimum atomic E-state index is 0.241. The topological polar surface area (TPSA) is 34.1 Å². The summed E-state index contributed by atoms with van der Waals surface area (Å²) in [6.45, 7) is 10.6. The monoisotopic (exact) mass is 256 g/mol. The Morgan fingerprint density at radius 3 is 1.83 bits per heavy atom. The molecule has 3 unspecified atom stereocenters. The van der Waals surface area contributed by atoms with Crippen molar-refractivity contribution in [2.45, 2.75) is 73.1 Å². The third-order valence-corrected chi connectivity index (χ3v) is 3.42. The summed E-state index contributed by atoms with van der Waals surface area (Å²) in [6.07, 6.45) is 8.69. The summed E-state index contributed by atoms with van der Waals surface area (Å²) in [5.74, 6) is 1.54. The predicted molar refractivity (Wildman–Crippen MR) is 78.7 cm³/mol. The first-order chi connectivity index (χ1) is 8.53. The molecule has 0 aromatic rings. The minimum absolute atomic E-state index is 0.241. The molecule has 0 rings (SSSR count). The lowest BCUT2D eigenvalue weighted by Gasteiger charge is -2.11. The molecular weight excluding hydrogens is 224 g/mol. The second-order valence-corrected chi connectivity index (χ2v) is 5.40. The van der Waals surface area contributed by atoms with Crippen molar-refractivity contribution >= 4 is 12.6 Å². The summed E-state index contributed by atoms with van der Waals surface area (Å²) in [7, 11) is 0. The Bertz CT molecular complexity index is 190. The SMILES string of the molecule is CCCC(C)C(C)C=O.CCCC(C)CCC=O.